The lowest BCUT2D eigenvalue weighted by Crippen LogP contribution is -2.44. The minimum absolute atomic E-state index is 0. The van der Waals surface area contributed by atoms with E-state index in [-0.39, 0.29) is 24.4 Å². The molecule has 1 aliphatic rings. The van der Waals surface area contributed by atoms with E-state index in [1.54, 1.807) is 0 Å². The maximum absolute atomic E-state index is 12.4. The monoisotopic (exact) mass is 296 g/mol. The van der Waals surface area contributed by atoms with Crippen LogP contribution in [-0.2, 0) is 6.42 Å². The third-order valence-electron chi connectivity index (χ3n) is 4.17. The normalized spacial score (nSPS) is 21.9. The molecule has 1 amide bonds. The van der Waals surface area contributed by atoms with E-state index >= 15 is 0 Å². The summed E-state index contributed by atoms with van der Waals surface area (Å²) >= 11 is 0. The van der Waals surface area contributed by atoms with Crippen LogP contribution in [0, 0.1) is 5.92 Å². The van der Waals surface area contributed by atoms with Crippen LogP contribution >= 0.6 is 12.4 Å². The van der Waals surface area contributed by atoms with E-state index < -0.39 is 0 Å². The molecule has 112 valence electrons. The first kappa shape index (κ1) is 17.0. The molecule has 1 aliphatic carbocycles. The Morgan fingerprint density at radius 1 is 1.30 bits per heavy atom. The van der Waals surface area contributed by atoms with E-state index in [1.807, 2.05) is 24.3 Å². The van der Waals surface area contributed by atoms with Crippen molar-refractivity contribution in [2.75, 3.05) is 6.54 Å². The quantitative estimate of drug-likeness (QED) is 0.897. The van der Waals surface area contributed by atoms with Gasteiger partial charge in [0.2, 0.25) is 0 Å². The summed E-state index contributed by atoms with van der Waals surface area (Å²) in [6.07, 6.45) is 5.50. The van der Waals surface area contributed by atoms with Gasteiger partial charge < -0.3 is 11.1 Å². The van der Waals surface area contributed by atoms with Gasteiger partial charge in [-0.1, -0.05) is 38.0 Å². The summed E-state index contributed by atoms with van der Waals surface area (Å²) in [5.74, 6) is 0.495. The second-order valence-corrected chi connectivity index (χ2v) is 5.37. The van der Waals surface area contributed by atoms with Crippen molar-refractivity contribution in [3.63, 3.8) is 0 Å². The highest BCUT2D eigenvalue weighted by Gasteiger charge is 2.25. The van der Waals surface area contributed by atoms with Gasteiger partial charge in [-0.2, -0.15) is 0 Å². The van der Waals surface area contributed by atoms with E-state index in [9.17, 15) is 4.79 Å². The third-order valence-corrected chi connectivity index (χ3v) is 4.17. The fourth-order valence-electron chi connectivity index (χ4n) is 2.98. The van der Waals surface area contributed by atoms with Crippen LogP contribution in [0.2, 0.25) is 0 Å². The predicted octanol–water partition coefficient (Wildman–Crippen LogP) is 2.92. The van der Waals surface area contributed by atoms with Gasteiger partial charge >= 0.3 is 0 Å². The molecule has 3 N–H and O–H groups in total. The molecule has 2 atom stereocenters. The number of aryl methyl sites for hydroxylation is 1. The molecule has 2 unspecified atom stereocenters. The van der Waals surface area contributed by atoms with Crippen molar-refractivity contribution in [1.29, 1.82) is 0 Å². The number of rotatable bonds is 4. The average molecular weight is 297 g/mol. The number of carbonyl (C=O) groups excluding carboxylic acids is 1. The lowest BCUT2D eigenvalue weighted by atomic mass is 9.84. The van der Waals surface area contributed by atoms with Gasteiger partial charge in [0, 0.05) is 11.6 Å². The van der Waals surface area contributed by atoms with Crippen molar-refractivity contribution in [1.82, 2.24) is 5.32 Å². The molecule has 1 aromatic rings. The van der Waals surface area contributed by atoms with Crippen LogP contribution in [-0.4, -0.2) is 18.5 Å². The fourth-order valence-corrected chi connectivity index (χ4v) is 2.98. The number of carbonyl (C=O) groups is 1. The standard InChI is InChI=1S/C16H24N2O.ClH/c1-2-12-7-3-5-9-14(12)16(19)18-15-10-6-4-8-13(15)11-17;/h3,5,7,9,13,15H,2,4,6,8,10-11,17H2,1H3,(H,18,19);1H. The molecule has 0 aromatic heterocycles. The number of hydrogen-bond acceptors (Lipinski definition) is 2. The largest absolute Gasteiger partial charge is 0.349 e. The van der Waals surface area contributed by atoms with Gasteiger partial charge in [-0.3, -0.25) is 4.79 Å². The molecular formula is C16H25ClN2O. The summed E-state index contributed by atoms with van der Waals surface area (Å²) in [5.41, 5.74) is 7.74. The first-order valence-electron chi connectivity index (χ1n) is 7.35. The Balaban J connectivity index is 0.00000200. The number of hydrogen-bond donors (Lipinski definition) is 2. The van der Waals surface area contributed by atoms with Crippen molar-refractivity contribution in [2.45, 2.75) is 45.1 Å². The number of benzene rings is 1. The lowest BCUT2D eigenvalue weighted by molar-refractivity contribution is 0.0907. The predicted molar refractivity (Wildman–Crippen MR) is 85.3 cm³/mol. The maximum atomic E-state index is 12.4. The Kier molecular flexibility index (Phi) is 7.03. The summed E-state index contributed by atoms with van der Waals surface area (Å²) in [4.78, 5) is 12.4. The van der Waals surface area contributed by atoms with Gasteiger partial charge in [-0.15, -0.1) is 12.4 Å². The van der Waals surface area contributed by atoms with Crippen LogP contribution in [0.4, 0.5) is 0 Å². The molecule has 0 radical (unpaired) electrons. The smallest absolute Gasteiger partial charge is 0.251 e. The molecule has 0 heterocycles. The maximum Gasteiger partial charge on any atom is 0.251 e. The Labute approximate surface area is 127 Å². The SMILES string of the molecule is CCc1ccccc1C(=O)NC1CCCCC1CN.Cl. The zero-order valence-corrected chi connectivity index (χ0v) is 12.9. The van der Waals surface area contributed by atoms with E-state index in [0.29, 0.717) is 12.5 Å². The summed E-state index contributed by atoms with van der Waals surface area (Å²) in [7, 11) is 0. The molecule has 0 aliphatic heterocycles. The number of nitrogens with one attached hydrogen (secondary N) is 1. The van der Waals surface area contributed by atoms with Crippen molar-refractivity contribution >= 4 is 18.3 Å². The third kappa shape index (κ3) is 3.97. The minimum Gasteiger partial charge on any atom is -0.349 e. The van der Waals surface area contributed by atoms with Gasteiger partial charge in [0.05, 0.1) is 0 Å². The van der Waals surface area contributed by atoms with Gasteiger partial charge in [-0.25, -0.2) is 0 Å². The van der Waals surface area contributed by atoms with Gasteiger partial charge in [0.15, 0.2) is 0 Å². The molecule has 1 fully saturated rings. The first-order chi connectivity index (χ1) is 9.26. The Hall–Kier alpha value is -1.06. The highest BCUT2D eigenvalue weighted by Crippen LogP contribution is 2.24. The minimum atomic E-state index is 0. The van der Waals surface area contributed by atoms with E-state index in [4.69, 9.17) is 5.73 Å². The number of nitrogens with two attached hydrogens (primary N) is 1. The topological polar surface area (TPSA) is 55.1 Å². The highest BCUT2D eigenvalue weighted by atomic mass is 35.5. The second-order valence-electron chi connectivity index (χ2n) is 5.37. The van der Waals surface area contributed by atoms with Crippen LogP contribution in [0.15, 0.2) is 24.3 Å². The molecule has 0 bridgehead atoms. The summed E-state index contributed by atoms with van der Waals surface area (Å²) in [6.45, 7) is 2.75. The molecule has 20 heavy (non-hydrogen) atoms. The zero-order valence-electron chi connectivity index (χ0n) is 12.1. The van der Waals surface area contributed by atoms with Crippen molar-refractivity contribution in [3.05, 3.63) is 35.4 Å². The Bertz CT molecular complexity index is 436. The van der Waals surface area contributed by atoms with Crippen molar-refractivity contribution in [2.24, 2.45) is 11.7 Å². The highest BCUT2D eigenvalue weighted by molar-refractivity contribution is 5.95. The van der Waals surface area contributed by atoms with E-state index in [1.165, 1.54) is 12.8 Å². The average Bonchev–Trinajstić information content (AvgIpc) is 2.47. The number of amides is 1. The number of halogens is 1. The molecule has 2 rings (SSSR count). The molecule has 0 spiro atoms. The van der Waals surface area contributed by atoms with E-state index in [2.05, 4.69) is 12.2 Å². The molecule has 1 saturated carbocycles. The Morgan fingerprint density at radius 2 is 2.00 bits per heavy atom. The van der Waals surface area contributed by atoms with Crippen LogP contribution in [0.25, 0.3) is 0 Å². The lowest BCUT2D eigenvalue weighted by Gasteiger charge is -2.31. The van der Waals surface area contributed by atoms with Gasteiger partial charge in [0.25, 0.3) is 5.91 Å². The molecular weight excluding hydrogens is 272 g/mol. The van der Waals surface area contributed by atoms with Crippen molar-refractivity contribution < 1.29 is 4.79 Å². The molecule has 0 saturated heterocycles. The summed E-state index contributed by atoms with van der Waals surface area (Å²) in [6, 6.07) is 8.09. The molecule has 1 aromatic carbocycles. The van der Waals surface area contributed by atoms with Crippen LogP contribution < -0.4 is 11.1 Å². The van der Waals surface area contributed by atoms with Crippen LogP contribution in [0.3, 0.4) is 0 Å². The van der Waals surface area contributed by atoms with Gasteiger partial charge in [0.1, 0.15) is 0 Å². The van der Waals surface area contributed by atoms with Crippen molar-refractivity contribution in [3.8, 4) is 0 Å². The van der Waals surface area contributed by atoms with Crippen LogP contribution in [0.5, 0.6) is 0 Å². The zero-order chi connectivity index (χ0) is 13.7. The summed E-state index contributed by atoms with van der Waals surface area (Å²) in [5, 5.41) is 3.19. The fraction of sp³-hybridized carbons (Fsp3) is 0.562. The van der Waals surface area contributed by atoms with Gasteiger partial charge in [-0.05, 0) is 43.4 Å². The molecule has 3 nitrogen and oxygen atoms in total. The summed E-state index contributed by atoms with van der Waals surface area (Å²) < 4.78 is 0. The second kappa shape index (κ2) is 8.28. The first-order valence-corrected chi connectivity index (χ1v) is 7.35. The molecule has 4 heteroatoms. The van der Waals surface area contributed by atoms with E-state index in [0.717, 1.165) is 30.4 Å². The Morgan fingerprint density at radius 3 is 2.70 bits per heavy atom. The van der Waals surface area contributed by atoms with Crippen LogP contribution in [0.1, 0.15) is 48.5 Å².